The van der Waals surface area contributed by atoms with Gasteiger partial charge in [-0.3, -0.25) is 14.3 Å². The number of nitrogens with one attached hydrogen (secondary N) is 1. The highest BCUT2D eigenvalue weighted by molar-refractivity contribution is 5.97. The van der Waals surface area contributed by atoms with Crippen LogP contribution in [0.15, 0.2) is 24.3 Å². The highest BCUT2D eigenvalue weighted by Crippen LogP contribution is 2.37. The second-order valence-corrected chi connectivity index (χ2v) is 11.7. The van der Waals surface area contributed by atoms with Gasteiger partial charge in [0.25, 0.3) is 11.8 Å². The number of nitrogens with zero attached hydrogens (tertiary/aromatic N) is 4. The van der Waals surface area contributed by atoms with Crippen LogP contribution < -0.4 is 5.32 Å². The molecule has 0 radical (unpaired) electrons. The lowest BCUT2D eigenvalue weighted by atomic mass is 9.76. The summed E-state index contributed by atoms with van der Waals surface area (Å²) in [7, 11) is 2.05. The van der Waals surface area contributed by atoms with Crippen molar-refractivity contribution in [1.82, 2.24) is 24.9 Å². The van der Waals surface area contributed by atoms with E-state index in [0.717, 1.165) is 43.7 Å². The van der Waals surface area contributed by atoms with Crippen molar-refractivity contribution in [3.63, 3.8) is 0 Å². The van der Waals surface area contributed by atoms with E-state index in [1.165, 1.54) is 0 Å². The summed E-state index contributed by atoms with van der Waals surface area (Å²) in [5.74, 6) is -0.482. The van der Waals surface area contributed by atoms with Crippen LogP contribution in [0.3, 0.4) is 0 Å². The molecule has 40 heavy (non-hydrogen) atoms. The van der Waals surface area contributed by atoms with Gasteiger partial charge < -0.3 is 24.6 Å². The lowest BCUT2D eigenvalue weighted by Gasteiger charge is -2.36. The van der Waals surface area contributed by atoms with Crippen LogP contribution in [-0.2, 0) is 28.9 Å². The van der Waals surface area contributed by atoms with Crippen molar-refractivity contribution < 1.29 is 23.9 Å². The Labute approximate surface area is 236 Å². The number of hydrogen-bond donors (Lipinski definition) is 1. The predicted octanol–water partition coefficient (Wildman–Crippen LogP) is 2.41. The summed E-state index contributed by atoms with van der Waals surface area (Å²) >= 11 is 0. The fourth-order valence-electron chi connectivity index (χ4n) is 5.91. The first kappa shape index (κ1) is 28.3. The number of esters is 1. The van der Waals surface area contributed by atoms with Gasteiger partial charge >= 0.3 is 5.97 Å². The normalized spacial score (nSPS) is 20.0. The highest BCUT2D eigenvalue weighted by atomic mass is 16.5. The molecule has 1 aromatic heterocycles. The van der Waals surface area contributed by atoms with Crippen LogP contribution in [0.2, 0.25) is 0 Å². The molecule has 3 aliphatic rings. The van der Waals surface area contributed by atoms with Crippen LogP contribution in [0.5, 0.6) is 0 Å². The van der Waals surface area contributed by atoms with Gasteiger partial charge in [0, 0.05) is 64.0 Å². The van der Waals surface area contributed by atoms with E-state index in [1.807, 2.05) is 23.4 Å². The number of likely N-dealkylation sites (N-methyl/N-ethyl adjacent to an activating group) is 1. The monoisotopic (exact) mass is 551 g/mol. The Balaban J connectivity index is 1.21. The summed E-state index contributed by atoms with van der Waals surface area (Å²) in [5.41, 5.74) is 3.48. The number of amides is 2. The summed E-state index contributed by atoms with van der Waals surface area (Å²) in [4.78, 5) is 42.7. The fourth-order valence-corrected chi connectivity index (χ4v) is 5.91. The lowest BCUT2D eigenvalue weighted by Crippen LogP contribution is -2.47. The van der Waals surface area contributed by atoms with Crippen molar-refractivity contribution in [3.8, 4) is 0 Å². The minimum atomic E-state index is -0.417. The Hall–Kier alpha value is -3.24. The number of rotatable bonds is 7. The summed E-state index contributed by atoms with van der Waals surface area (Å²) in [5, 5.41) is 7.97. The van der Waals surface area contributed by atoms with Gasteiger partial charge in [0.1, 0.15) is 0 Å². The molecule has 10 heteroatoms. The molecule has 1 N–H and O–H groups in total. The second kappa shape index (κ2) is 12.1. The van der Waals surface area contributed by atoms with Gasteiger partial charge in [0.05, 0.1) is 29.1 Å². The quantitative estimate of drug-likeness (QED) is 0.527. The molecule has 1 aromatic carbocycles. The Kier molecular flexibility index (Phi) is 8.56. The molecule has 4 heterocycles. The van der Waals surface area contributed by atoms with Crippen LogP contribution in [0.25, 0.3) is 0 Å². The summed E-state index contributed by atoms with van der Waals surface area (Å²) < 4.78 is 13.2. The zero-order valence-electron chi connectivity index (χ0n) is 23.9. The Morgan fingerprint density at radius 1 is 1.10 bits per heavy atom. The molecule has 5 rings (SSSR count). The number of aromatic nitrogens is 2. The SMILES string of the molecule is CCc1nn(C[C@@H](C)COC(=O)c2ccc(C(=O)N3CCN(C)CC3)cc2)c2c1C(=O)NCC1(CCOCC1)C2. The molecule has 1 atom stereocenters. The molecule has 0 unspecified atom stereocenters. The van der Waals surface area contributed by atoms with Gasteiger partial charge in [-0.25, -0.2) is 4.79 Å². The minimum absolute atomic E-state index is 0.00677. The number of aryl methyl sites for hydroxylation is 1. The van der Waals surface area contributed by atoms with Gasteiger partial charge in [-0.05, 0) is 62.4 Å². The van der Waals surface area contributed by atoms with Crippen LogP contribution in [-0.4, -0.2) is 97.0 Å². The number of piperazine rings is 1. The molecule has 0 bridgehead atoms. The van der Waals surface area contributed by atoms with E-state index < -0.39 is 5.97 Å². The highest BCUT2D eigenvalue weighted by Gasteiger charge is 2.39. The maximum absolute atomic E-state index is 13.1. The molecule has 2 aromatic rings. The molecule has 3 aliphatic heterocycles. The first-order chi connectivity index (χ1) is 19.3. The predicted molar refractivity (Wildman–Crippen MR) is 149 cm³/mol. The largest absolute Gasteiger partial charge is 0.462 e. The van der Waals surface area contributed by atoms with Crippen LogP contribution >= 0.6 is 0 Å². The van der Waals surface area contributed by atoms with E-state index in [4.69, 9.17) is 14.6 Å². The van der Waals surface area contributed by atoms with Gasteiger partial charge in [-0.1, -0.05) is 13.8 Å². The second-order valence-electron chi connectivity index (χ2n) is 11.7. The van der Waals surface area contributed by atoms with Crippen molar-refractivity contribution in [3.05, 3.63) is 52.3 Å². The van der Waals surface area contributed by atoms with E-state index >= 15 is 0 Å². The van der Waals surface area contributed by atoms with E-state index in [2.05, 4.69) is 17.3 Å². The van der Waals surface area contributed by atoms with Crippen molar-refractivity contribution in [2.45, 2.75) is 46.1 Å². The third-order valence-electron chi connectivity index (χ3n) is 8.55. The molecule has 2 amide bonds. The molecular weight excluding hydrogens is 510 g/mol. The molecular formula is C30H41N5O5. The third kappa shape index (κ3) is 6.07. The van der Waals surface area contributed by atoms with Gasteiger partial charge in [0.2, 0.25) is 0 Å². The fraction of sp³-hybridized carbons (Fsp3) is 0.600. The van der Waals surface area contributed by atoms with E-state index in [9.17, 15) is 14.4 Å². The molecule has 2 fully saturated rings. The molecule has 0 aliphatic carbocycles. The summed E-state index contributed by atoms with van der Waals surface area (Å²) in [6.07, 6.45) is 3.28. The standard InChI is InChI=1S/C30H41N5O5/c1-4-24-26-25(17-30(20-31-27(26)36)9-15-39-16-10-30)35(32-24)18-21(2)19-40-29(38)23-7-5-22(6-8-23)28(37)34-13-11-33(3)12-14-34/h5-8,21H,4,9-20H2,1-3H3,(H,31,36)/t21-/m1/s1. The minimum Gasteiger partial charge on any atom is -0.462 e. The zero-order valence-corrected chi connectivity index (χ0v) is 23.9. The third-order valence-corrected chi connectivity index (χ3v) is 8.55. The molecule has 216 valence electrons. The zero-order chi connectivity index (χ0) is 28.3. The number of carbonyl (C=O) groups excluding carboxylic acids is 3. The van der Waals surface area contributed by atoms with Gasteiger partial charge in [-0.15, -0.1) is 0 Å². The molecule has 2 saturated heterocycles. The summed E-state index contributed by atoms with van der Waals surface area (Å²) in [6, 6.07) is 6.71. The molecule has 1 spiro atoms. The average molecular weight is 552 g/mol. The van der Waals surface area contributed by atoms with E-state index in [1.54, 1.807) is 24.3 Å². The van der Waals surface area contributed by atoms with Crippen LogP contribution in [0, 0.1) is 11.3 Å². The van der Waals surface area contributed by atoms with Crippen molar-refractivity contribution >= 4 is 17.8 Å². The van der Waals surface area contributed by atoms with E-state index in [-0.39, 0.29) is 29.8 Å². The lowest BCUT2D eigenvalue weighted by molar-refractivity contribution is 0.0151. The van der Waals surface area contributed by atoms with Crippen LogP contribution in [0.4, 0.5) is 0 Å². The van der Waals surface area contributed by atoms with Gasteiger partial charge in [0.15, 0.2) is 0 Å². The number of ether oxygens (including phenoxy) is 2. The van der Waals surface area contributed by atoms with Crippen LogP contribution in [0.1, 0.15) is 69.2 Å². The maximum Gasteiger partial charge on any atom is 0.338 e. The van der Waals surface area contributed by atoms with Gasteiger partial charge in [-0.2, -0.15) is 5.10 Å². The summed E-state index contributed by atoms with van der Waals surface area (Å²) in [6.45, 7) is 10.0. The Morgan fingerprint density at radius 2 is 1.77 bits per heavy atom. The number of carbonyl (C=O) groups is 3. The number of benzene rings is 1. The van der Waals surface area contributed by atoms with Crippen molar-refractivity contribution in [2.24, 2.45) is 11.3 Å². The smallest absolute Gasteiger partial charge is 0.338 e. The van der Waals surface area contributed by atoms with E-state index in [0.29, 0.717) is 62.5 Å². The Bertz CT molecular complexity index is 1230. The van der Waals surface area contributed by atoms with Crippen molar-refractivity contribution in [2.75, 3.05) is 59.6 Å². The first-order valence-electron chi connectivity index (χ1n) is 14.5. The maximum atomic E-state index is 13.1. The topological polar surface area (TPSA) is 106 Å². The molecule has 10 nitrogen and oxygen atoms in total. The average Bonchev–Trinajstić information content (AvgIpc) is 3.24. The molecule has 0 saturated carbocycles. The number of fused-ring (bicyclic) bond motifs is 1. The number of hydrogen-bond acceptors (Lipinski definition) is 7. The first-order valence-corrected chi connectivity index (χ1v) is 14.5. The Morgan fingerprint density at radius 3 is 2.45 bits per heavy atom. The van der Waals surface area contributed by atoms with Crippen molar-refractivity contribution in [1.29, 1.82) is 0 Å².